The Hall–Kier alpha value is -3.71. The highest BCUT2D eigenvalue weighted by molar-refractivity contribution is 6.32. The quantitative estimate of drug-likeness (QED) is 0.188. The summed E-state index contributed by atoms with van der Waals surface area (Å²) >= 11 is 6.06. The van der Waals surface area contributed by atoms with Gasteiger partial charge in [-0.15, -0.1) is 0 Å². The van der Waals surface area contributed by atoms with Crippen molar-refractivity contribution in [3.05, 3.63) is 40.4 Å². The third kappa shape index (κ3) is 8.42. The first-order valence-electron chi connectivity index (χ1n) is 11.0. The fourth-order valence-corrected chi connectivity index (χ4v) is 3.65. The summed E-state index contributed by atoms with van der Waals surface area (Å²) in [4.78, 5) is 59.7. The van der Waals surface area contributed by atoms with Gasteiger partial charge in [0.25, 0.3) is 0 Å². The lowest BCUT2D eigenvalue weighted by Crippen LogP contribution is -2.63. The van der Waals surface area contributed by atoms with Crippen molar-refractivity contribution in [2.75, 3.05) is 13.7 Å². The number of halogens is 2. The van der Waals surface area contributed by atoms with Crippen molar-refractivity contribution in [3.63, 3.8) is 0 Å². The maximum atomic E-state index is 14.4. The highest BCUT2D eigenvalue weighted by atomic mass is 35.5. The summed E-state index contributed by atoms with van der Waals surface area (Å²) in [5.41, 5.74) is -0.236. The molecule has 2 rings (SSSR count). The van der Waals surface area contributed by atoms with Crippen molar-refractivity contribution in [3.8, 4) is 0 Å². The molecule has 1 heterocycles. The molecule has 208 valence electrons. The highest BCUT2D eigenvalue weighted by Gasteiger charge is 2.53. The van der Waals surface area contributed by atoms with E-state index in [1.165, 1.54) is 12.1 Å². The van der Waals surface area contributed by atoms with Gasteiger partial charge in [-0.3, -0.25) is 19.2 Å². The number of hydrogen-bond acceptors (Lipinski definition) is 12. The predicted octanol–water partition coefficient (Wildman–Crippen LogP) is 2.09. The molecule has 5 unspecified atom stereocenters. The third-order valence-electron chi connectivity index (χ3n) is 4.85. The van der Waals surface area contributed by atoms with Gasteiger partial charge in [0.05, 0.1) is 12.1 Å². The minimum Gasteiger partial charge on any atom is -0.463 e. The Bertz CT molecular complexity index is 1080. The van der Waals surface area contributed by atoms with Gasteiger partial charge in [0, 0.05) is 33.3 Å². The van der Waals surface area contributed by atoms with Crippen molar-refractivity contribution in [1.29, 1.82) is 0 Å². The molecule has 1 aliphatic rings. The molecule has 1 aromatic rings. The molecule has 0 spiro atoms. The smallest absolute Gasteiger partial charge is 0.373 e. The second-order valence-electron chi connectivity index (χ2n) is 7.82. The fraction of sp³-hybridized carbons (Fsp3) is 0.458. The number of carbonyl (C=O) groups excluding carboxylic acids is 5. The molecule has 0 saturated carbocycles. The molecule has 5 atom stereocenters. The van der Waals surface area contributed by atoms with Crippen LogP contribution in [-0.2, 0) is 57.1 Å². The van der Waals surface area contributed by atoms with E-state index in [0.717, 1.165) is 46.9 Å². The molecular weight excluding hydrogens is 535 g/mol. The molecule has 0 amide bonds. The molecule has 0 radical (unpaired) electrons. The van der Waals surface area contributed by atoms with Crippen molar-refractivity contribution in [2.24, 2.45) is 0 Å². The van der Waals surface area contributed by atoms with Gasteiger partial charge in [0.15, 0.2) is 12.2 Å². The minimum absolute atomic E-state index is 0.0726. The van der Waals surface area contributed by atoms with E-state index >= 15 is 0 Å². The Kier molecular flexibility index (Phi) is 11.0. The van der Waals surface area contributed by atoms with Crippen LogP contribution in [0.5, 0.6) is 0 Å². The third-order valence-corrected chi connectivity index (χ3v) is 5.18. The monoisotopic (exact) mass is 560 g/mol. The van der Waals surface area contributed by atoms with Crippen LogP contribution in [0.4, 0.5) is 4.39 Å². The zero-order chi connectivity index (χ0) is 28.6. The highest BCUT2D eigenvalue weighted by Crippen LogP contribution is 2.32. The molecule has 0 bridgehead atoms. The minimum atomic E-state index is -1.74. The second-order valence-corrected chi connectivity index (χ2v) is 8.23. The molecule has 1 saturated heterocycles. The maximum absolute atomic E-state index is 14.4. The normalized spacial score (nSPS) is 23.0. The van der Waals surface area contributed by atoms with Crippen molar-refractivity contribution < 1.29 is 61.5 Å². The van der Waals surface area contributed by atoms with E-state index in [1.54, 1.807) is 0 Å². The molecule has 0 N–H and O–H groups in total. The van der Waals surface area contributed by atoms with Crippen LogP contribution < -0.4 is 0 Å². The largest absolute Gasteiger partial charge is 0.463 e. The zero-order valence-corrected chi connectivity index (χ0v) is 21.8. The predicted molar refractivity (Wildman–Crippen MR) is 124 cm³/mol. The van der Waals surface area contributed by atoms with E-state index in [-0.39, 0.29) is 10.6 Å². The summed E-state index contributed by atoms with van der Waals surface area (Å²) < 4.78 is 51.4. The van der Waals surface area contributed by atoms with Gasteiger partial charge in [0.1, 0.15) is 18.5 Å². The average molecular weight is 561 g/mol. The van der Waals surface area contributed by atoms with Gasteiger partial charge in [-0.2, -0.15) is 0 Å². The van der Waals surface area contributed by atoms with Crippen LogP contribution in [0.1, 0.15) is 33.3 Å². The Balaban J connectivity index is 2.61. The van der Waals surface area contributed by atoms with Gasteiger partial charge < -0.3 is 33.2 Å². The number of carbonyl (C=O) groups is 5. The molecule has 38 heavy (non-hydrogen) atoms. The van der Waals surface area contributed by atoms with E-state index < -0.39 is 78.7 Å². The SMILES string of the molecule is COC(=O)C(=Cc1c(F)cccc1Cl)OC1OC(COC(C)=O)C(OC(C)=O)C(OC(C)=O)C1OC(C)=O. The molecule has 1 aliphatic heterocycles. The topological polar surface area (TPSA) is 150 Å². The number of esters is 5. The summed E-state index contributed by atoms with van der Waals surface area (Å²) in [5, 5.41) is -0.0726. The zero-order valence-electron chi connectivity index (χ0n) is 21.1. The van der Waals surface area contributed by atoms with Crippen LogP contribution >= 0.6 is 11.6 Å². The summed E-state index contributed by atoms with van der Waals surface area (Å²) in [6.07, 6.45) is -6.76. The molecule has 0 aromatic heterocycles. The van der Waals surface area contributed by atoms with Crippen molar-refractivity contribution >= 4 is 47.5 Å². The fourth-order valence-electron chi connectivity index (χ4n) is 3.43. The van der Waals surface area contributed by atoms with Crippen LogP contribution in [0.3, 0.4) is 0 Å². The molecule has 14 heteroatoms. The van der Waals surface area contributed by atoms with E-state index in [4.69, 9.17) is 44.8 Å². The Labute approximate surface area is 221 Å². The van der Waals surface area contributed by atoms with E-state index in [9.17, 15) is 28.4 Å². The van der Waals surface area contributed by atoms with Crippen molar-refractivity contribution in [1.82, 2.24) is 0 Å². The van der Waals surface area contributed by atoms with Gasteiger partial charge in [-0.1, -0.05) is 17.7 Å². The van der Waals surface area contributed by atoms with Crippen LogP contribution in [0.25, 0.3) is 6.08 Å². The Morgan fingerprint density at radius 2 is 1.47 bits per heavy atom. The van der Waals surface area contributed by atoms with E-state index in [0.29, 0.717) is 0 Å². The van der Waals surface area contributed by atoms with Gasteiger partial charge >= 0.3 is 29.8 Å². The summed E-state index contributed by atoms with van der Waals surface area (Å²) in [6.45, 7) is 3.73. The molecular formula is C24H26ClFO12. The van der Waals surface area contributed by atoms with Crippen LogP contribution in [0.2, 0.25) is 5.02 Å². The lowest BCUT2D eigenvalue weighted by atomic mass is 9.98. The Morgan fingerprint density at radius 3 is 2.00 bits per heavy atom. The van der Waals surface area contributed by atoms with E-state index in [2.05, 4.69) is 0 Å². The summed E-state index contributed by atoms with van der Waals surface area (Å²) in [5.74, 6) is -5.83. The van der Waals surface area contributed by atoms with Gasteiger partial charge in [0.2, 0.25) is 18.2 Å². The molecule has 12 nitrogen and oxygen atoms in total. The van der Waals surface area contributed by atoms with Crippen molar-refractivity contribution in [2.45, 2.75) is 58.4 Å². The number of ether oxygens (including phenoxy) is 7. The van der Waals surface area contributed by atoms with Crippen LogP contribution in [0, 0.1) is 5.82 Å². The van der Waals surface area contributed by atoms with Gasteiger partial charge in [-0.25, -0.2) is 9.18 Å². The first kappa shape index (κ1) is 30.5. The molecule has 0 aliphatic carbocycles. The van der Waals surface area contributed by atoms with Crippen LogP contribution in [-0.4, -0.2) is 74.3 Å². The van der Waals surface area contributed by atoms with E-state index in [1.807, 2.05) is 0 Å². The number of benzene rings is 1. The first-order chi connectivity index (χ1) is 17.8. The number of hydrogen-bond donors (Lipinski definition) is 0. The lowest BCUT2D eigenvalue weighted by molar-refractivity contribution is -0.299. The number of rotatable bonds is 9. The molecule has 1 fully saturated rings. The second kappa shape index (κ2) is 13.7. The maximum Gasteiger partial charge on any atom is 0.373 e. The van der Waals surface area contributed by atoms with Crippen LogP contribution in [0.15, 0.2) is 24.0 Å². The average Bonchev–Trinajstić information content (AvgIpc) is 2.81. The van der Waals surface area contributed by atoms with Gasteiger partial charge in [-0.05, 0) is 18.2 Å². The molecule has 1 aromatic carbocycles. The lowest BCUT2D eigenvalue weighted by Gasteiger charge is -2.43. The Morgan fingerprint density at radius 1 is 0.895 bits per heavy atom. The first-order valence-corrected chi connectivity index (χ1v) is 11.4. The summed E-state index contributed by atoms with van der Waals surface area (Å²) in [6, 6.07) is 3.79. The standard InChI is InChI=1S/C24H26ClFO12/c1-11(27)33-10-19-20(34-12(2)28)21(35-13(3)29)22(36-14(4)30)24(38-19)37-18(23(31)32-5)9-15-16(25)7-6-8-17(15)26/h6-9,19-22,24H,10H2,1-5H3. The summed E-state index contributed by atoms with van der Waals surface area (Å²) in [7, 11) is 1.02. The number of methoxy groups -OCH3 is 1.